The van der Waals surface area contributed by atoms with Crippen LogP contribution in [0.3, 0.4) is 0 Å². The predicted molar refractivity (Wildman–Crippen MR) is 88.3 cm³/mol. The molecule has 3 rings (SSSR count). The van der Waals surface area contributed by atoms with Crippen molar-refractivity contribution in [2.75, 3.05) is 13.2 Å². The summed E-state index contributed by atoms with van der Waals surface area (Å²) in [5.41, 5.74) is 2.86. The highest BCUT2D eigenvalue weighted by atomic mass is 32.1. The zero-order valence-corrected chi connectivity index (χ0v) is 13.7. The molecule has 1 N–H and O–H groups in total. The van der Waals surface area contributed by atoms with E-state index in [-0.39, 0.29) is 11.9 Å². The molecule has 22 heavy (non-hydrogen) atoms. The quantitative estimate of drug-likeness (QED) is 0.945. The third kappa shape index (κ3) is 3.36. The number of nitrogens with zero attached hydrogens (tertiary/aromatic N) is 1. The predicted octanol–water partition coefficient (Wildman–Crippen LogP) is 3.34. The molecule has 0 saturated carbocycles. The first-order valence-corrected chi connectivity index (χ1v) is 8.38. The summed E-state index contributed by atoms with van der Waals surface area (Å²) in [6, 6.07) is 8.00. The van der Waals surface area contributed by atoms with Gasteiger partial charge >= 0.3 is 0 Å². The van der Waals surface area contributed by atoms with Crippen LogP contribution in [0.1, 0.15) is 33.9 Å². The number of carbonyl (C=O) groups excluding carboxylic acids is 1. The van der Waals surface area contributed by atoms with Crippen molar-refractivity contribution in [1.29, 1.82) is 0 Å². The molecule has 1 aliphatic heterocycles. The molecule has 5 heteroatoms. The molecule has 1 saturated heterocycles. The van der Waals surface area contributed by atoms with Crippen LogP contribution in [0.5, 0.6) is 0 Å². The van der Waals surface area contributed by atoms with E-state index >= 15 is 0 Å². The van der Waals surface area contributed by atoms with Crippen LogP contribution >= 0.6 is 11.3 Å². The van der Waals surface area contributed by atoms with E-state index < -0.39 is 0 Å². The third-order valence-corrected chi connectivity index (χ3v) is 4.99. The maximum atomic E-state index is 12.3. The Kier molecular flexibility index (Phi) is 4.55. The van der Waals surface area contributed by atoms with Gasteiger partial charge < -0.3 is 10.1 Å². The Morgan fingerprint density at radius 2 is 1.91 bits per heavy atom. The van der Waals surface area contributed by atoms with Crippen molar-refractivity contribution in [1.82, 2.24) is 10.3 Å². The number of aryl methyl sites for hydroxylation is 2. The minimum atomic E-state index is -0.00402. The van der Waals surface area contributed by atoms with Crippen molar-refractivity contribution in [2.24, 2.45) is 0 Å². The van der Waals surface area contributed by atoms with Crippen LogP contribution in [0, 0.1) is 13.8 Å². The molecule has 4 nitrogen and oxygen atoms in total. The monoisotopic (exact) mass is 316 g/mol. The topological polar surface area (TPSA) is 51.2 Å². The second kappa shape index (κ2) is 6.58. The normalized spacial score (nSPS) is 15.7. The summed E-state index contributed by atoms with van der Waals surface area (Å²) in [4.78, 5) is 17.9. The molecule has 1 fully saturated rings. The van der Waals surface area contributed by atoms with E-state index in [1.807, 2.05) is 38.1 Å². The minimum Gasteiger partial charge on any atom is -0.381 e. The molecule has 0 unspecified atom stereocenters. The highest BCUT2D eigenvalue weighted by Gasteiger charge is 2.17. The molecule has 116 valence electrons. The second-order valence-corrected chi connectivity index (χ2v) is 6.79. The molecule has 0 aliphatic carbocycles. The van der Waals surface area contributed by atoms with Gasteiger partial charge in [-0.15, -0.1) is 11.3 Å². The van der Waals surface area contributed by atoms with Crippen molar-refractivity contribution in [3.05, 3.63) is 40.5 Å². The first kappa shape index (κ1) is 15.2. The van der Waals surface area contributed by atoms with Crippen molar-refractivity contribution < 1.29 is 9.53 Å². The summed E-state index contributed by atoms with van der Waals surface area (Å²) >= 11 is 1.68. The van der Waals surface area contributed by atoms with Gasteiger partial charge in [-0.05, 0) is 44.4 Å². The molecule has 0 atom stereocenters. The van der Waals surface area contributed by atoms with E-state index in [0.29, 0.717) is 5.56 Å². The maximum absolute atomic E-state index is 12.3. The lowest BCUT2D eigenvalue weighted by Crippen LogP contribution is -2.38. The highest BCUT2D eigenvalue weighted by molar-refractivity contribution is 7.15. The number of aromatic nitrogens is 1. The van der Waals surface area contributed by atoms with E-state index in [2.05, 4.69) is 10.3 Å². The average Bonchev–Trinajstić information content (AvgIpc) is 2.87. The lowest BCUT2D eigenvalue weighted by atomic mass is 10.1. The number of benzene rings is 1. The molecule has 1 aliphatic rings. The first-order chi connectivity index (χ1) is 10.6. The number of hydrogen-bond acceptors (Lipinski definition) is 4. The van der Waals surface area contributed by atoms with E-state index in [4.69, 9.17) is 4.74 Å². The van der Waals surface area contributed by atoms with Crippen LogP contribution in [0.15, 0.2) is 24.3 Å². The molecule has 1 aromatic carbocycles. The molecule has 0 spiro atoms. The fourth-order valence-electron chi connectivity index (χ4n) is 2.68. The van der Waals surface area contributed by atoms with Crippen molar-refractivity contribution in [3.8, 4) is 10.4 Å². The van der Waals surface area contributed by atoms with Crippen LogP contribution in [-0.4, -0.2) is 30.1 Å². The van der Waals surface area contributed by atoms with Gasteiger partial charge in [-0.3, -0.25) is 4.79 Å². The van der Waals surface area contributed by atoms with Gasteiger partial charge in [0.15, 0.2) is 0 Å². The van der Waals surface area contributed by atoms with Crippen molar-refractivity contribution in [3.63, 3.8) is 0 Å². The van der Waals surface area contributed by atoms with Crippen LogP contribution in [0.25, 0.3) is 10.4 Å². The standard InChI is InChI=1S/C17H20N2O2S/c1-11-16(22-12(2)18-11)13-3-5-14(6-4-13)17(20)19-15-7-9-21-10-8-15/h3-6,15H,7-10H2,1-2H3,(H,19,20). The molecule has 0 radical (unpaired) electrons. The molecule has 2 aromatic rings. The van der Waals surface area contributed by atoms with Gasteiger partial charge in [-0.2, -0.15) is 0 Å². The molecule has 1 aromatic heterocycles. The highest BCUT2D eigenvalue weighted by Crippen LogP contribution is 2.29. The zero-order valence-electron chi connectivity index (χ0n) is 12.9. The Hall–Kier alpha value is -1.72. The average molecular weight is 316 g/mol. The fraction of sp³-hybridized carbons (Fsp3) is 0.412. The fourth-order valence-corrected chi connectivity index (χ4v) is 3.61. The van der Waals surface area contributed by atoms with Gasteiger partial charge in [0.1, 0.15) is 0 Å². The molecular formula is C17H20N2O2S. The van der Waals surface area contributed by atoms with Gasteiger partial charge in [0.05, 0.1) is 15.6 Å². The Balaban J connectivity index is 1.70. The van der Waals surface area contributed by atoms with Crippen LogP contribution < -0.4 is 5.32 Å². The minimum absolute atomic E-state index is 0.00402. The summed E-state index contributed by atoms with van der Waals surface area (Å²) in [7, 11) is 0. The van der Waals surface area contributed by atoms with Crippen LogP contribution in [-0.2, 0) is 4.74 Å². The smallest absolute Gasteiger partial charge is 0.251 e. The molecule has 2 heterocycles. The summed E-state index contributed by atoms with van der Waals surface area (Å²) in [5.74, 6) is -0.00402. The SMILES string of the molecule is Cc1nc(C)c(-c2ccc(C(=O)NC3CCOCC3)cc2)s1. The number of nitrogens with one attached hydrogen (secondary N) is 1. The van der Waals surface area contributed by atoms with Crippen molar-refractivity contribution >= 4 is 17.2 Å². The molecular weight excluding hydrogens is 296 g/mol. The zero-order chi connectivity index (χ0) is 15.5. The first-order valence-electron chi connectivity index (χ1n) is 7.56. The van der Waals surface area contributed by atoms with E-state index in [1.54, 1.807) is 11.3 Å². The van der Waals surface area contributed by atoms with Gasteiger partial charge in [-0.25, -0.2) is 4.98 Å². The van der Waals surface area contributed by atoms with Gasteiger partial charge in [-0.1, -0.05) is 12.1 Å². The molecule has 0 bridgehead atoms. The number of carbonyl (C=O) groups is 1. The summed E-state index contributed by atoms with van der Waals surface area (Å²) in [6.07, 6.45) is 1.78. The van der Waals surface area contributed by atoms with Crippen LogP contribution in [0.4, 0.5) is 0 Å². The van der Waals surface area contributed by atoms with Crippen molar-refractivity contribution in [2.45, 2.75) is 32.7 Å². The molecule has 1 amide bonds. The van der Waals surface area contributed by atoms with Crippen LogP contribution in [0.2, 0.25) is 0 Å². The largest absolute Gasteiger partial charge is 0.381 e. The number of ether oxygens (including phenoxy) is 1. The van der Waals surface area contributed by atoms with E-state index in [0.717, 1.165) is 42.3 Å². The third-order valence-electron chi connectivity index (χ3n) is 3.87. The number of amides is 1. The van der Waals surface area contributed by atoms with E-state index in [9.17, 15) is 4.79 Å². The Bertz CT molecular complexity index is 658. The lowest BCUT2D eigenvalue weighted by Gasteiger charge is -2.23. The Labute approximate surface area is 134 Å². The summed E-state index contributed by atoms with van der Waals surface area (Å²) in [6.45, 7) is 5.49. The number of thiazole rings is 1. The van der Waals surface area contributed by atoms with Gasteiger partial charge in [0.25, 0.3) is 5.91 Å². The Morgan fingerprint density at radius 1 is 1.23 bits per heavy atom. The Morgan fingerprint density at radius 3 is 2.50 bits per heavy atom. The van der Waals surface area contributed by atoms with E-state index in [1.165, 1.54) is 4.88 Å². The number of hydrogen-bond donors (Lipinski definition) is 1. The van der Waals surface area contributed by atoms with Gasteiger partial charge in [0.2, 0.25) is 0 Å². The summed E-state index contributed by atoms with van der Waals surface area (Å²) in [5, 5.41) is 4.14. The maximum Gasteiger partial charge on any atom is 0.251 e. The lowest BCUT2D eigenvalue weighted by molar-refractivity contribution is 0.0696. The second-order valence-electron chi connectivity index (χ2n) is 5.58. The van der Waals surface area contributed by atoms with Gasteiger partial charge in [0, 0.05) is 24.8 Å². The summed E-state index contributed by atoms with van der Waals surface area (Å²) < 4.78 is 5.31. The number of rotatable bonds is 3.